The van der Waals surface area contributed by atoms with E-state index in [0.717, 1.165) is 0 Å². The molecule has 2 aliphatic heterocycles. The largest absolute Gasteiger partial charge is 0.454 e. The molecule has 0 unspecified atom stereocenters. The number of amides is 2. The van der Waals surface area contributed by atoms with Crippen molar-refractivity contribution < 1.29 is 23.5 Å². The second kappa shape index (κ2) is 9.78. The zero-order chi connectivity index (χ0) is 21.6. The molecule has 31 heavy (non-hydrogen) atoms. The number of rotatable bonds is 7. The maximum Gasteiger partial charge on any atom is 0.234 e. The van der Waals surface area contributed by atoms with Crippen molar-refractivity contribution in [2.24, 2.45) is 5.92 Å². The number of benzene rings is 2. The standard InChI is InChI=1S/C23H26FN3O4/c24-19-4-2-1-3-16(19)7-10-25-22(28)14-27-11-8-17(9-12-27)23(29)26-18-5-6-20-21(13-18)31-15-30-20/h1-6,13,17H,7-12,14-15H2,(H,25,28)(H,26,29). The summed E-state index contributed by atoms with van der Waals surface area (Å²) in [6.07, 6.45) is 1.85. The highest BCUT2D eigenvalue weighted by Gasteiger charge is 2.26. The highest BCUT2D eigenvalue weighted by molar-refractivity contribution is 5.93. The smallest absolute Gasteiger partial charge is 0.234 e. The molecule has 2 aromatic carbocycles. The molecular formula is C23H26FN3O4. The SMILES string of the molecule is O=C(CN1CCC(C(=O)Nc2ccc3c(c2)OCO3)CC1)NCCc1ccccc1F. The Balaban J connectivity index is 1.16. The van der Waals surface area contributed by atoms with Crippen molar-refractivity contribution in [2.75, 3.05) is 38.3 Å². The monoisotopic (exact) mass is 427 g/mol. The Morgan fingerprint density at radius 3 is 2.65 bits per heavy atom. The normalized spacial score (nSPS) is 16.2. The third-order valence-electron chi connectivity index (χ3n) is 5.64. The van der Waals surface area contributed by atoms with Crippen molar-refractivity contribution in [2.45, 2.75) is 19.3 Å². The van der Waals surface area contributed by atoms with Gasteiger partial charge in [0.15, 0.2) is 11.5 Å². The molecule has 0 spiro atoms. The summed E-state index contributed by atoms with van der Waals surface area (Å²) in [5.74, 6) is 0.864. The van der Waals surface area contributed by atoms with E-state index >= 15 is 0 Å². The highest BCUT2D eigenvalue weighted by Crippen LogP contribution is 2.34. The number of hydrogen-bond donors (Lipinski definition) is 2. The zero-order valence-electron chi connectivity index (χ0n) is 17.2. The molecule has 2 aliphatic rings. The quantitative estimate of drug-likeness (QED) is 0.710. The summed E-state index contributed by atoms with van der Waals surface area (Å²) in [5, 5.41) is 5.79. The molecule has 0 aromatic heterocycles. The minimum absolute atomic E-state index is 0.0205. The molecule has 7 nitrogen and oxygen atoms in total. The van der Waals surface area contributed by atoms with Gasteiger partial charge in [0.25, 0.3) is 0 Å². The number of ether oxygens (including phenoxy) is 2. The van der Waals surface area contributed by atoms with E-state index in [1.54, 1.807) is 36.4 Å². The number of nitrogens with one attached hydrogen (secondary N) is 2. The lowest BCUT2D eigenvalue weighted by Crippen LogP contribution is -2.43. The number of carbonyl (C=O) groups excluding carboxylic acids is 2. The summed E-state index contributed by atoms with van der Waals surface area (Å²) in [6, 6.07) is 11.9. The fourth-order valence-corrected chi connectivity index (χ4v) is 3.87. The van der Waals surface area contributed by atoms with Crippen LogP contribution in [0.5, 0.6) is 11.5 Å². The first-order valence-corrected chi connectivity index (χ1v) is 10.5. The van der Waals surface area contributed by atoms with Gasteiger partial charge in [-0.05, 0) is 56.1 Å². The van der Waals surface area contributed by atoms with Crippen LogP contribution in [-0.2, 0) is 16.0 Å². The van der Waals surface area contributed by atoms with Crippen molar-refractivity contribution in [3.8, 4) is 11.5 Å². The lowest BCUT2D eigenvalue weighted by Gasteiger charge is -2.30. The fourth-order valence-electron chi connectivity index (χ4n) is 3.87. The highest BCUT2D eigenvalue weighted by atomic mass is 19.1. The Kier molecular flexibility index (Phi) is 6.66. The van der Waals surface area contributed by atoms with Crippen molar-refractivity contribution in [1.82, 2.24) is 10.2 Å². The third kappa shape index (κ3) is 5.52. The average molecular weight is 427 g/mol. The molecule has 1 saturated heterocycles. The number of hydrogen-bond acceptors (Lipinski definition) is 5. The number of piperidine rings is 1. The molecule has 0 radical (unpaired) electrons. The maximum atomic E-state index is 13.6. The first-order chi connectivity index (χ1) is 15.1. The predicted octanol–water partition coefficient (Wildman–Crippen LogP) is 2.56. The Morgan fingerprint density at radius 1 is 1.06 bits per heavy atom. The molecule has 2 N–H and O–H groups in total. The molecule has 0 bridgehead atoms. The Labute approximate surface area is 180 Å². The van der Waals surface area contributed by atoms with Gasteiger partial charge in [0, 0.05) is 24.2 Å². The van der Waals surface area contributed by atoms with Gasteiger partial charge in [0.2, 0.25) is 18.6 Å². The van der Waals surface area contributed by atoms with Gasteiger partial charge in [-0.15, -0.1) is 0 Å². The number of fused-ring (bicyclic) bond motifs is 1. The van der Waals surface area contributed by atoms with Crippen LogP contribution in [0.3, 0.4) is 0 Å². The lowest BCUT2D eigenvalue weighted by atomic mass is 9.95. The molecular weight excluding hydrogens is 401 g/mol. The van der Waals surface area contributed by atoms with Crippen LogP contribution in [0.1, 0.15) is 18.4 Å². The van der Waals surface area contributed by atoms with Gasteiger partial charge >= 0.3 is 0 Å². The van der Waals surface area contributed by atoms with Crippen molar-refractivity contribution in [3.63, 3.8) is 0 Å². The number of halogens is 1. The summed E-state index contributed by atoms with van der Waals surface area (Å²) in [4.78, 5) is 26.8. The minimum atomic E-state index is -0.252. The molecule has 0 saturated carbocycles. The molecule has 164 valence electrons. The molecule has 2 aromatic rings. The molecule has 8 heteroatoms. The van der Waals surface area contributed by atoms with E-state index in [-0.39, 0.29) is 36.9 Å². The fraction of sp³-hybridized carbons (Fsp3) is 0.391. The van der Waals surface area contributed by atoms with Crippen molar-refractivity contribution >= 4 is 17.5 Å². The van der Waals surface area contributed by atoms with E-state index in [2.05, 4.69) is 10.6 Å². The number of likely N-dealkylation sites (tertiary alicyclic amines) is 1. The van der Waals surface area contributed by atoms with Crippen LogP contribution in [0.2, 0.25) is 0 Å². The second-order valence-corrected chi connectivity index (χ2v) is 7.80. The molecule has 4 rings (SSSR count). The average Bonchev–Trinajstić information content (AvgIpc) is 3.23. The minimum Gasteiger partial charge on any atom is -0.454 e. The van der Waals surface area contributed by atoms with Crippen LogP contribution in [0.15, 0.2) is 42.5 Å². The number of nitrogens with zero attached hydrogens (tertiary/aromatic N) is 1. The van der Waals surface area contributed by atoms with E-state index in [4.69, 9.17) is 9.47 Å². The maximum absolute atomic E-state index is 13.6. The lowest BCUT2D eigenvalue weighted by molar-refractivity contribution is -0.123. The predicted molar refractivity (Wildman–Crippen MR) is 113 cm³/mol. The van der Waals surface area contributed by atoms with E-state index < -0.39 is 0 Å². The van der Waals surface area contributed by atoms with Crippen molar-refractivity contribution in [3.05, 3.63) is 53.8 Å². The van der Waals surface area contributed by atoms with E-state index in [1.165, 1.54) is 6.07 Å². The van der Waals surface area contributed by atoms with E-state index in [9.17, 15) is 14.0 Å². The van der Waals surface area contributed by atoms with Gasteiger partial charge in [-0.1, -0.05) is 18.2 Å². The molecule has 0 aliphatic carbocycles. The first-order valence-electron chi connectivity index (χ1n) is 10.5. The summed E-state index contributed by atoms with van der Waals surface area (Å²) in [7, 11) is 0. The van der Waals surface area contributed by atoms with Crippen LogP contribution in [0, 0.1) is 11.7 Å². The van der Waals surface area contributed by atoms with Gasteiger partial charge < -0.3 is 20.1 Å². The van der Waals surface area contributed by atoms with Crippen LogP contribution in [0.4, 0.5) is 10.1 Å². The first kappa shape index (κ1) is 21.1. The summed E-state index contributed by atoms with van der Waals surface area (Å²) >= 11 is 0. The Morgan fingerprint density at radius 2 is 1.84 bits per heavy atom. The van der Waals surface area contributed by atoms with Gasteiger partial charge in [-0.3, -0.25) is 14.5 Å². The van der Waals surface area contributed by atoms with Gasteiger partial charge in [-0.25, -0.2) is 4.39 Å². The second-order valence-electron chi connectivity index (χ2n) is 7.80. The summed E-state index contributed by atoms with van der Waals surface area (Å²) in [5.41, 5.74) is 1.28. The molecule has 2 amide bonds. The van der Waals surface area contributed by atoms with Gasteiger partial charge in [-0.2, -0.15) is 0 Å². The van der Waals surface area contributed by atoms with Crippen LogP contribution >= 0.6 is 0 Å². The van der Waals surface area contributed by atoms with E-state index in [1.807, 2.05) is 4.90 Å². The summed E-state index contributed by atoms with van der Waals surface area (Å²) in [6.45, 7) is 2.24. The topological polar surface area (TPSA) is 79.9 Å². The number of carbonyl (C=O) groups is 2. The zero-order valence-corrected chi connectivity index (χ0v) is 17.2. The molecule has 2 heterocycles. The van der Waals surface area contributed by atoms with Crippen LogP contribution in [0.25, 0.3) is 0 Å². The Bertz CT molecular complexity index is 944. The number of anilines is 1. The van der Waals surface area contributed by atoms with E-state index in [0.29, 0.717) is 61.6 Å². The van der Waals surface area contributed by atoms with Crippen LogP contribution in [-0.4, -0.2) is 49.7 Å². The van der Waals surface area contributed by atoms with Crippen LogP contribution < -0.4 is 20.1 Å². The van der Waals surface area contributed by atoms with Crippen molar-refractivity contribution in [1.29, 1.82) is 0 Å². The molecule has 0 atom stereocenters. The molecule has 1 fully saturated rings. The Hall–Kier alpha value is -3.13. The third-order valence-corrected chi connectivity index (χ3v) is 5.64. The van der Waals surface area contributed by atoms with Gasteiger partial charge in [0.05, 0.1) is 6.54 Å². The summed E-state index contributed by atoms with van der Waals surface area (Å²) < 4.78 is 24.2. The van der Waals surface area contributed by atoms with Gasteiger partial charge in [0.1, 0.15) is 5.82 Å².